The molecule has 2 aromatic rings. The Balaban J connectivity index is 2.62. The number of rotatable bonds is 1. The van der Waals surface area contributed by atoms with Crippen LogP contribution in [0.4, 0.5) is 14.5 Å². The minimum absolute atomic E-state index is 0.150. The van der Waals surface area contributed by atoms with Crippen molar-refractivity contribution in [2.45, 2.75) is 6.92 Å². The molecule has 1 heterocycles. The van der Waals surface area contributed by atoms with Crippen LogP contribution in [0.25, 0.3) is 11.3 Å². The quantitative estimate of drug-likeness (QED) is 0.802. The lowest BCUT2D eigenvalue weighted by Crippen LogP contribution is -1.95. The first-order chi connectivity index (χ1) is 7.58. The number of halogens is 2. The highest BCUT2D eigenvalue weighted by molar-refractivity contribution is 5.65. The van der Waals surface area contributed by atoms with Gasteiger partial charge < -0.3 is 5.73 Å². The molecule has 0 atom stereocenters. The Bertz CT molecular complexity index is 539. The molecular formula is C12H10F2N2. The second-order valence-corrected chi connectivity index (χ2v) is 3.56. The second kappa shape index (κ2) is 3.89. The van der Waals surface area contributed by atoms with Gasteiger partial charge in [-0.15, -0.1) is 0 Å². The third-order valence-electron chi connectivity index (χ3n) is 2.28. The summed E-state index contributed by atoms with van der Waals surface area (Å²) in [5, 5.41) is 0. The van der Waals surface area contributed by atoms with Crippen LogP contribution >= 0.6 is 0 Å². The molecule has 0 saturated heterocycles. The van der Waals surface area contributed by atoms with E-state index in [0.717, 1.165) is 18.2 Å². The van der Waals surface area contributed by atoms with E-state index in [1.165, 1.54) is 6.20 Å². The standard InChI is InChI=1S/C12H10F2N2/c1-7-4-9(15)6-16-12(7)10-5-8(13)2-3-11(10)14/h2-6H,15H2,1H3. The first-order valence-electron chi connectivity index (χ1n) is 4.75. The highest BCUT2D eigenvalue weighted by Crippen LogP contribution is 2.25. The maximum absolute atomic E-state index is 13.5. The number of anilines is 1. The van der Waals surface area contributed by atoms with Gasteiger partial charge in [-0.1, -0.05) is 0 Å². The molecule has 82 valence electrons. The summed E-state index contributed by atoms with van der Waals surface area (Å²) in [7, 11) is 0. The number of benzene rings is 1. The smallest absolute Gasteiger partial charge is 0.132 e. The van der Waals surface area contributed by atoms with Gasteiger partial charge in [0.1, 0.15) is 11.6 Å². The van der Waals surface area contributed by atoms with Crippen LogP contribution in [0.2, 0.25) is 0 Å². The van der Waals surface area contributed by atoms with E-state index in [1.54, 1.807) is 13.0 Å². The summed E-state index contributed by atoms with van der Waals surface area (Å²) in [5.74, 6) is -0.990. The Morgan fingerprint density at radius 1 is 1.19 bits per heavy atom. The largest absolute Gasteiger partial charge is 0.397 e. The summed E-state index contributed by atoms with van der Waals surface area (Å²) in [5.41, 5.74) is 7.31. The van der Waals surface area contributed by atoms with E-state index in [2.05, 4.69) is 4.98 Å². The Morgan fingerprint density at radius 2 is 1.94 bits per heavy atom. The SMILES string of the molecule is Cc1cc(N)cnc1-c1cc(F)ccc1F. The average molecular weight is 220 g/mol. The number of hydrogen-bond acceptors (Lipinski definition) is 2. The van der Waals surface area contributed by atoms with Crippen molar-refractivity contribution in [2.24, 2.45) is 0 Å². The fraction of sp³-hybridized carbons (Fsp3) is 0.0833. The van der Waals surface area contributed by atoms with Gasteiger partial charge in [-0.3, -0.25) is 4.98 Å². The van der Waals surface area contributed by atoms with Crippen molar-refractivity contribution in [1.82, 2.24) is 4.98 Å². The van der Waals surface area contributed by atoms with Gasteiger partial charge >= 0.3 is 0 Å². The van der Waals surface area contributed by atoms with Gasteiger partial charge in [-0.2, -0.15) is 0 Å². The van der Waals surface area contributed by atoms with Crippen molar-refractivity contribution in [2.75, 3.05) is 5.73 Å². The van der Waals surface area contributed by atoms with Crippen molar-refractivity contribution in [3.05, 3.63) is 47.7 Å². The summed E-state index contributed by atoms with van der Waals surface area (Å²) >= 11 is 0. The minimum Gasteiger partial charge on any atom is -0.397 e. The highest BCUT2D eigenvalue weighted by Gasteiger charge is 2.10. The zero-order valence-electron chi connectivity index (χ0n) is 8.67. The predicted octanol–water partition coefficient (Wildman–Crippen LogP) is 2.92. The fourth-order valence-electron chi connectivity index (χ4n) is 1.56. The van der Waals surface area contributed by atoms with E-state index in [0.29, 0.717) is 16.9 Å². The first kappa shape index (κ1) is 10.5. The first-order valence-corrected chi connectivity index (χ1v) is 4.75. The molecule has 0 aliphatic carbocycles. The monoisotopic (exact) mass is 220 g/mol. The Kier molecular flexibility index (Phi) is 2.56. The minimum atomic E-state index is -0.498. The molecule has 16 heavy (non-hydrogen) atoms. The molecule has 0 aliphatic rings. The molecule has 0 amide bonds. The van der Waals surface area contributed by atoms with E-state index >= 15 is 0 Å². The summed E-state index contributed by atoms with van der Waals surface area (Å²) in [6, 6.07) is 4.96. The number of aryl methyl sites for hydroxylation is 1. The third kappa shape index (κ3) is 1.86. The Labute approximate surface area is 91.7 Å². The number of nitrogens with two attached hydrogens (primary N) is 1. The normalized spacial score (nSPS) is 10.4. The van der Waals surface area contributed by atoms with E-state index in [-0.39, 0.29) is 5.56 Å². The summed E-state index contributed by atoms with van der Waals surface area (Å²) in [4.78, 5) is 4.02. The number of hydrogen-bond donors (Lipinski definition) is 1. The van der Waals surface area contributed by atoms with E-state index < -0.39 is 11.6 Å². The number of nitrogen functional groups attached to an aromatic ring is 1. The lowest BCUT2D eigenvalue weighted by atomic mass is 10.1. The topological polar surface area (TPSA) is 38.9 Å². The van der Waals surface area contributed by atoms with Crippen LogP contribution in [0.1, 0.15) is 5.56 Å². The van der Waals surface area contributed by atoms with E-state index in [9.17, 15) is 8.78 Å². The Hall–Kier alpha value is -1.97. The van der Waals surface area contributed by atoms with Crippen LogP contribution < -0.4 is 5.73 Å². The van der Waals surface area contributed by atoms with Crippen molar-refractivity contribution in [3.63, 3.8) is 0 Å². The molecule has 2 N–H and O–H groups in total. The van der Waals surface area contributed by atoms with Crippen molar-refractivity contribution in [3.8, 4) is 11.3 Å². The van der Waals surface area contributed by atoms with Crippen LogP contribution in [-0.2, 0) is 0 Å². The number of aromatic nitrogens is 1. The molecule has 2 rings (SSSR count). The van der Waals surface area contributed by atoms with Crippen LogP contribution in [0.5, 0.6) is 0 Å². The van der Waals surface area contributed by atoms with Gasteiger partial charge in [-0.25, -0.2) is 8.78 Å². The lowest BCUT2D eigenvalue weighted by Gasteiger charge is -2.07. The van der Waals surface area contributed by atoms with Crippen LogP contribution in [0.15, 0.2) is 30.5 Å². The van der Waals surface area contributed by atoms with Crippen molar-refractivity contribution < 1.29 is 8.78 Å². The zero-order valence-corrected chi connectivity index (χ0v) is 8.67. The zero-order chi connectivity index (χ0) is 11.7. The van der Waals surface area contributed by atoms with Gasteiger partial charge in [-0.05, 0) is 36.8 Å². The van der Waals surface area contributed by atoms with Gasteiger partial charge in [0.05, 0.1) is 17.6 Å². The molecule has 0 spiro atoms. The molecule has 2 nitrogen and oxygen atoms in total. The van der Waals surface area contributed by atoms with Gasteiger partial charge in [0.2, 0.25) is 0 Å². The molecule has 0 unspecified atom stereocenters. The van der Waals surface area contributed by atoms with Gasteiger partial charge in [0.25, 0.3) is 0 Å². The second-order valence-electron chi connectivity index (χ2n) is 3.56. The van der Waals surface area contributed by atoms with Gasteiger partial charge in [0, 0.05) is 5.56 Å². The lowest BCUT2D eigenvalue weighted by molar-refractivity contribution is 0.602. The van der Waals surface area contributed by atoms with Crippen molar-refractivity contribution in [1.29, 1.82) is 0 Å². The third-order valence-corrected chi connectivity index (χ3v) is 2.28. The van der Waals surface area contributed by atoms with Crippen LogP contribution in [0.3, 0.4) is 0 Å². The van der Waals surface area contributed by atoms with E-state index in [4.69, 9.17) is 5.73 Å². The fourth-order valence-corrected chi connectivity index (χ4v) is 1.56. The van der Waals surface area contributed by atoms with Crippen molar-refractivity contribution >= 4 is 5.69 Å². The molecule has 1 aromatic carbocycles. The molecule has 0 saturated carbocycles. The molecule has 0 aliphatic heterocycles. The molecular weight excluding hydrogens is 210 g/mol. The molecule has 0 bridgehead atoms. The maximum Gasteiger partial charge on any atom is 0.132 e. The molecule has 4 heteroatoms. The van der Waals surface area contributed by atoms with Crippen LogP contribution in [-0.4, -0.2) is 4.98 Å². The maximum atomic E-state index is 13.5. The summed E-state index contributed by atoms with van der Waals surface area (Å²) in [6.45, 7) is 1.75. The number of pyridine rings is 1. The van der Waals surface area contributed by atoms with E-state index in [1.807, 2.05) is 0 Å². The predicted molar refractivity (Wildman–Crippen MR) is 58.7 cm³/mol. The van der Waals surface area contributed by atoms with Crippen LogP contribution in [0, 0.1) is 18.6 Å². The molecule has 0 fully saturated rings. The summed E-state index contributed by atoms with van der Waals surface area (Å²) < 4.78 is 26.5. The van der Waals surface area contributed by atoms with Gasteiger partial charge in [0.15, 0.2) is 0 Å². The average Bonchev–Trinajstić information content (AvgIpc) is 2.22. The molecule has 1 aromatic heterocycles. The number of nitrogens with zero attached hydrogens (tertiary/aromatic N) is 1. The summed E-state index contributed by atoms with van der Waals surface area (Å²) in [6.07, 6.45) is 1.42. The highest BCUT2D eigenvalue weighted by atomic mass is 19.1. The Morgan fingerprint density at radius 3 is 2.62 bits per heavy atom. The molecule has 0 radical (unpaired) electrons.